The lowest BCUT2D eigenvalue weighted by atomic mass is 9.90. The molecule has 0 aliphatic carbocycles. The molecular weight excluding hydrogens is 312 g/mol. The Labute approximate surface area is 141 Å². The number of hydrogen-bond donors (Lipinski definition) is 1. The molecule has 1 aliphatic rings. The molecule has 1 aromatic heterocycles. The number of aromatic amines is 1. The smallest absolute Gasteiger partial charge is 0.270 e. The van der Waals surface area contributed by atoms with E-state index in [1.165, 1.54) is 5.56 Å². The van der Waals surface area contributed by atoms with E-state index in [1.807, 2.05) is 17.0 Å². The predicted molar refractivity (Wildman–Crippen MR) is 91.1 cm³/mol. The number of aromatic nitrogens is 1. The number of carbonyl (C=O) groups excluding carboxylic acids is 1. The zero-order chi connectivity index (χ0) is 16.2. The Hall–Kier alpha value is -1.94. The highest BCUT2D eigenvalue weighted by molar-refractivity contribution is 6.30. The van der Waals surface area contributed by atoms with Crippen molar-refractivity contribution in [1.29, 1.82) is 0 Å². The fourth-order valence-corrected chi connectivity index (χ4v) is 3.26. The number of piperidine rings is 1. The zero-order valence-corrected chi connectivity index (χ0v) is 14.0. The summed E-state index contributed by atoms with van der Waals surface area (Å²) in [6.07, 6.45) is 4.77. The molecule has 0 unspecified atom stereocenters. The van der Waals surface area contributed by atoms with Crippen LogP contribution in [0.3, 0.4) is 0 Å². The van der Waals surface area contributed by atoms with Gasteiger partial charge in [-0.05, 0) is 48.9 Å². The molecule has 0 atom stereocenters. The van der Waals surface area contributed by atoms with E-state index in [4.69, 9.17) is 16.3 Å². The summed E-state index contributed by atoms with van der Waals surface area (Å²) in [5.74, 6) is 1.55. The van der Waals surface area contributed by atoms with Gasteiger partial charge < -0.3 is 14.6 Å². The third-order valence-corrected chi connectivity index (χ3v) is 4.68. The first-order valence-electron chi connectivity index (χ1n) is 7.92. The molecule has 23 heavy (non-hydrogen) atoms. The largest absolute Gasteiger partial charge is 0.497 e. The van der Waals surface area contributed by atoms with Gasteiger partial charge in [0.1, 0.15) is 11.4 Å². The minimum absolute atomic E-state index is 0.0415. The zero-order valence-electron chi connectivity index (χ0n) is 13.2. The van der Waals surface area contributed by atoms with Gasteiger partial charge in [-0.2, -0.15) is 0 Å². The Kier molecular flexibility index (Phi) is 4.91. The molecule has 1 saturated heterocycles. The van der Waals surface area contributed by atoms with Crippen LogP contribution >= 0.6 is 11.6 Å². The summed E-state index contributed by atoms with van der Waals surface area (Å²) in [4.78, 5) is 17.2. The van der Waals surface area contributed by atoms with Crippen molar-refractivity contribution in [3.8, 4) is 5.75 Å². The van der Waals surface area contributed by atoms with E-state index in [0.717, 1.165) is 38.1 Å². The summed E-state index contributed by atoms with van der Waals surface area (Å²) >= 11 is 5.87. The van der Waals surface area contributed by atoms with Crippen molar-refractivity contribution >= 4 is 17.5 Å². The SMILES string of the molecule is COc1ccc(CC2CCN(C(=O)c3cc(Cl)c[nH]3)CC2)cc1. The van der Waals surface area contributed by atoms with Crippen LogP contribution in [0.1, 0.15) is 28.9 Å². The number of carbonyl (C=O) groups is 1. The van der Waals surface area contributed by atoms with Gasteiger partial charge in [-0.3, -0.25) is 4.79 Å². The fraction of sp³-hybridized carbons (Fsp3) is 0.389. The lowest BCUT2D eigenvalue weighted by molar-refractivity contribution is 0.0685. The van der Waals surface area contributed by atoms with Crippen LogP contribution in [0.25, 0.3) is 0 Å². The number of rotatable bonds is 4. The number of likely N-dealkylation sites (tertiary alicyclic amines) is 1. The van der Waals surface area contributed by atoms with Crippen molar-refractivity contribution in [3.63, 3.8) is 0 Å². The second-order valence-electron chi connectivity index (χ2n) is 6.02. The van der Waals surface area contributed by atoms with Crippen LogP contribution in [0, 0.1) is 5.92 Å². The molecule has 1 fully saturated rings. The molecule has 1 N–H and O–H groups in total. The number of H-pyrrole nitrogens is 1. The molecule has 5 heteroatoms. The van der Waals surface area contributed by atoms with E-state index >= 15 is 0 Å². The van der Waals surface area contributed by atoms with Gasteiger partial charge in [0.2, 0.25) is 0 Å². The third-order valence-electron chi connectivity index (χ3n) is 4.46. The first-order valence-corrected chi connectivity index (χ1v) is 8.29. The monoisotopic (exact) mass is 332 g/mol. The summed E-state index contributed by atoms with van der Waals surface area (Å²) in [5, 5.41) is 0.572. The number of halogens is 1. The number of ether oxygens (including phenoxy) is 1. The van der Waals surface area contributed by atoms with Gasteiger partial charge in [0, 0.05) is 19.3 Å². The van der Waals surface area contributed by atoms with E-state index in [2.05, 4.69) is 17.1 Å². The first kappa shape index (κ1) is 15.9. The normalized spacial score (nSPS) is 15.7. The average molecular weight is 333 g/mol. The molecule has 1 aromatic carbocycles. The Morgan fingerprint density at radius 1 is 1.30 bits per heavy atom. The molecule has 0 spiro atoms. The van der Waals surface area contributed by atoms with Crippen molar-refractivity contribution in [2.24, 2.45) is 5.92 Å². The Morgan fingerprint density at radius 2 is 2.00 bits per heavy atom. The lowest BCUT2D eigenvalue weighted by Gasteiger charge is -2.31. The summed E-state index contributed by atoms with van der Waals surface area (Å²) in [6.45, 7) is 1.60. The van der Waals surface area contributed by atoms with Gasteiger partial charge in [-0.1, -0.05) is 23.7 Å². The number of nitrogens with one attached hydrogen (secondary N) is 1. The van der Waals surface area contributed by atoms with E-state index < -0.39 is 0 Å². The number of nitrogens with zero attached hydrogens (tertiary/aromatic N) is 1. The minimum Gasteiger partial charge on any atom is -0.497 e. The van der Waals surface area contributed by atoms with Crippen molar-refractivity contribution in [2.75, 3.05) is 20.2 Å². The molecule has 2 heterocycles. The van der Waals surface area contributed by atoms with Crippen LogP contribution in [-0.4, -0.2) is 36.0 Å². The van der Waals surface area contributed by atoms with Gasteiger partial charge in [0.15, 0.2) is 0 Å². The van der Waals surface area contributed by atoms with Gasteiger partial charge in [0.25, 0.3) is 5.91 Å². The van der Waals surface area contributed by atoms with Crippen LogP contribution in [0.2, 0.25) is 5.02 Å². The summed E-state index contributed by atoms with van der Waals surface area (Å²) < 4.78 is 5.19. The quantitative estimate of drug-likeness (QED) is 0.926. The fourth-order valence-electron chi connectivity index (χ4n) is 3.10. The van der Waals surface area contributed by atoms with Crippen molar-refractivity contribution in [1.82, 2.24) is 9.88 Å². The topological polar surface area (TPSA) is 45.3 Å². The van der Waals surface area contributed by atoms with Crippen LogP contribution in [0.4, 0.5) is 0 Å². The highest BCUT2D eigenvalue weighted by Crippen LogP contribution is 2.24. The first-order chi connectivity index (χ1) is 11.2. The molecule has 1 aliphatic heterocycles. The Balaban J connectivity index is 1.52. The van der Waals surface area contributed by atoms with Crippen LogP contribution in [0.15, 0.2) is 36.5 Å². The molecule has 3 rings (SSSR count). The lowest BCUT2D eigenvalue weighted by Crippen LogP contribution is -2.39. The van der Waals surface area contributed by atoms with Crippen molar-refractivity contribution < 1.29 is 9.53 Å². The maximum Gasteiger partial charge on any atom is 0.270 e. The predicted octanol–water partition coefficient (Wildman–Crippen LogP) is 3.77. The van der Waals surface area contributed by atoms with Crippen molar-refractivity contribution in [2.45, 2.75) is 19.3 Å². The molecule has 0 saturated carbocycles. The third kappa shape index (κ3) is 3.88. The van der Waals surface area contributed by atoms with Gasteiger partial charge in [-0.15, -0.1) is 0 Å². The number of hydrogen-bond acceptors (Lipinski definition) is 2. The second kappa shape index (κ2) is 7.09. The highest BCUT2D eigenvalue weighted by Gasteiger charge is 2.24. The Morgan fingerprint density at radius 3 is 2.57 bits per heavy atom. The molecule has 2 aromatic rings. The van der Waals surface area contributed by atoms with E-state index in [0.29, 0.717) is 16.6 Å². The minimum atomic E-state index is 0.0415. The molecule has 4 nitrogen and oxygen atoms in total. The summed E-state index contributed by atoms with van der Waals surface area (Å²) in [5.41, 5.74) is 1.90. The number of amides is 1. The molecule has 1 amide bonds. The van der Waals surface area contributed by atoms with E-state index in [-0.39, 0.29) is 5.91 Å². The molecule has 0 bridgehead atoms. The molecular formula is C18H21ClN2O2. The second-order valence-corrected chi connectivity index (χ2v) is 6.46. The number of methoxy groups -OCH3 is 1. The molecule has 0 radical (unpaired) electrons. The standard InChI is InChI=1S/C18H21ClN2O2/c1-23-16-4-2-13(3-5-16)10-14-6-8-21(9-7-14)18(22)17-11-15(19)12-20-17/h2-5,11-12,14,20H,6-10H2,1H3. The summed E-state index contributed by atoms with van der Waals surface area (Å²) in [7, 11) is 1.68. The van der Waals surface area contributed by atoms with Crippen LogP contribution < -0.4 is 4.74 Å². The summed E-state index contributed by atoms with van der Waals surface area (Å²) in [6, 6.07) is 9.94. The van der Waals surface area contributed by atoms with Gasteiger partial charge in [0.05, 0.1) is 12.1 Å². The van der Waals surface area contributed by atoms with E-state index in [1.54, 1.807) is 19.4 Å². The van der Waals surface area contributed by atoms with Crippen molar-refractivity contribution in [3.05, 3.63) is 52.8 Å². The maximum atomic E-state index is 12.4. The Bertz CT molecular complexity index is 658. The average Bonchev–Trinajstić information content (AvgIpc) is 3.02. The van der Waals surface area contributed by atoms with Gasteiger partial charge >= 0.3 is 0 Å². The van der Waals surface area contributed by atoms with Crippen LogP contribution in [0.5, 0.6) is 5.75 Å². The maximum absolute atomic E-state index is 12.4. The number of benzene rings is 1. The van der Waals surface area contributed by atoms with E-state index in [9.17, 15) is 4.79 Å². The van der Waals surface area contributed by atoms with Crippen LogP contribution in [-0.2, 0) is 6.42 Å². The highest BCUT2D eigenvalue weighted by atomic mass is 35.5. The molecule has 122 valence electrons. The van der Waals surface area contributed by atoms with Gasteiger partial charge in [-0.25, -0.2) is 0 Å².